The quantitative estimate of drug-likeness (QED) is 0.653. The zero-order valence-electron chi connectivity index (χ0n) is 11.2. The van der Waals surface area contributed by atoms with E-state index in [1.54, 1.807) is 18.2 Å². The van der Waals surface area contributed by atoms with E-state index in [1.165, 1.54) is 31.7 Å². The third kappa shape index (κ3) is 5.50. The Kier molecular flexibility index (Phi) is 7.42. The van der Waals surface area contributed by atoms with Crippen LogP contribution in [-0.4, -0.2) is 17.8 Å². The van der Waals surface area contributed by atoms with Crippen LogP contribution in [0.4, 0.5) is 10.1 Å². The Hall–Kier alpha value is -1.09. The molecule has 0 saturated carbocycles. The number of nitrogens with one attached hydrogen (secondary N) is 1. The summed E-state index contributed by atoms with van der Waals surface area (Å²) in [7, 11) is 0. The van der Waals surface area contributed by atoms with E-state index in [0.29, 0.717) is 5.69 Å². The van der Waals surface area contributed by atoms with Gasteiger partial charge >= 0.3 is 0 Å². The summed E-state index contributed by atoms with van der Waals surface area (Å²) in [5, 5.41) is 12.4. The molecular weight excluding hydrogens is 229 g/mol. The van der Waals surface area contributed by atoms with E-state index < -0.39 is 0 Å². The second kappa shape index (κ2) is 8.92. The number of halogens is 1. The summed E-state index contributed by atoms with van der Waals surface area (Å²) >= 11 is 0. The van der Waals surface area contributed by atoms with Crippen LogP contribution in [0.2, 0.25) is 0 Å². The van der Waals surface area contributed by atoms with Gasteiger partial charge in [0.25, 0.3) is 0 Å². The normalized spacial score (nSPS) is 12.4. The van der Waals surface area contributed by atoms with Crippen molar-refractivity contribution in [3.8, 4) is 0 Å². The van der Waals surface area contributed by atoms with Crippen molar-refractivity contribution in [2.45, 2.75) is 51.5 Å². The molecule has 1 atom stereocenters. The molecule has 0 aliphatic rings. The molecule has 18 heavy (non-hydrogen) atoms. The van der Waals surface area contributed by atoms with Crippen LogP contribution in [0.1, 0.15) is 45.4 Å². The van der Waals surface area contributed by atoms with E-state index in [9.17, 15) is 9.50 Å². The van der Waals surface area contributed by atoms with Crippen LogP contribution in [0.5, 0.6) is 0 Å². The van der Waals surface area contributed by atoms with Gasteiger partial charge in [-0.25, -0.2) is 4.39 Å². The fourth-order valence-corrected chi connectivity index (χ4v) is 2.00. The average molecular weight is 253 g/mol. The highest BCUT2D eigenvalue weighted by molar-refractivity contribution is 5.45. The van der Waals surface area contributed by atoms with Crippen molar-refractivity contribution < 1.29 is 9.50 Å². The van der Waals surface area contributed by atoms with Crippen molar-refractivity contribution in [1.82, 2.24) is 0 Å². The van der Waals surface area contributed by atoms with E-state index in [4.69, 9.17) is 0 Å². The maximum atomic E-state index is 13.4. The number of aliphatic hydroxyl groups is 1. The number of benzene rings is 1. The zero-order valence-corrected chi connectivity index (χ0v) is 11.2. The first-order valence-electron chi connectivity index (χ1n) is 6.89. The third-order valence-electron chi connectivity index (χ3n) is 3.11. The second-order valence-electron chi connectivity index (χ2n) is 4.71. The Labute approximate surface area is 109 Å². The van der Waals surface area contributed by atoms with Crippen LogP contribution in [0.3, 0.4) is 0 Å². The first kappa shape index (κ1) is 15.0. The first-order chi connectivity index (χ1) is 8.77. The predicted octanol–water partition coefficient (Wildman–Crippen LogP) is 3.96. The molecule has 0 aromatic heterocycles. The number of unbranched alkanes of at least 4 members (excludes halogenated alkanes) is 4. The van der Waals surface area contributed by atoms with Gasteiger partial charge in [-0.2, -0.15) is 0 Å². The summed E-state index contributed by atoms with van der Waals surface area (Å²) in [6, 6.07) is 6.54. The third-order valence-corrected chi connectivity index (χ3v) is 3.11. The number of para-hydroxylation sites is 1. The maximum Gasteiger partial charge on any atom is 0.146 e. The Morgan fingerprint density at radius 3 is 2.56 bits per heavy atom. The van der Waals surface area contributed by atoms with Crippen molar-refractivity contribution in [1.29, 1.82) is 0 Å². The topological polar surface area (TPSA) is 32.3 Å². The van der Waals surface area contributed by atoms with Gasteiger partial charge in [-0.3, -0.25) is 0 Å². The van der Waals surface area contributed by atoms with E-state index in [0.717, 1.165) is 12.8 Å². The highest BCUT2D eigenvalue weighted by Gasteiger charge is 2.09. The molecule has 1 aromatic rings. The highest BCUT2D eigenvalue weighted by Crippen LogP contribution is 2.16. The first-order valence-corrected chi connectivity index (χ1v) is 6.89. The lowest BCUT2D eigenvalue weighted by Gasteiger charge is -2.17. The minimum Gasteiger partial charge on any atom is -0.394 e. The van der Waals surface area contributed by atoms with Crippen LogP contribution in [0.25, 0.3) is 0 Å². The van der Waals surface area contributed by atoms with Crippen molar-refractivity contribution in [2.24, 2.45) is 0 Å². The molecule has 0 amide bonds. The van der Waals surface area contributed by atoms with Crippen molar-refractivity contribution in [3.05, 3.63) is 30.1 Å². The van der Waals surface area contributed by atoms with E-state index in [-0.39, 0.29) is 18.5 Å². The van der Waals surface area contributed by atoms with E-state index in [1.807, 2.05) is 0 Å². The van der Waals surface area contributed by atoms with Crippen molar-refractivity contribution in [2.75, 3.05) is 11.9 Å². The Bertz CT molecular complexity index is 330. The molecule has 0 heterocycles. The average Bonchev–Trinajstić information content (AvgIpc) is 2.39. The fourth-order valence-electron chi connectivity index (χ4n) is 2.00. The van der Waals surface area contributed by atoms with Crippen LogP contribution in [-0.2, 0) is 0 Å². The number of aliphatic hydroxyl groups excluding tert-OH is 1. The van der Waals surface area contributed by atoms with E-state index >= 15 is 0 Å². The monoisotopic (exact) mass is 253 g/mol. The molecule has 1 unspecified atom stereocenters. The zero-order chi connectivity index (χ0) is 13.2. The molecule has 0 spiro atoms. The van der Waals surface area contributed by atoms with Gasteiger partial charge in [0.05, 0.1) is 12.3 Å². The molecule has 0 radical (unpaired) electrons. The Morgan fingerprint density at radius 2 is 1.89 bits per heavy atom. The fraction of sp³-hybridized carbons (Fsp3) is 0.600. The van der Waals surface area contributed by atoms with Gasteiger partial charge in [0.1, 0.15) is 5.82 Å². The summed E-state index contributed by atoms with van der Waals surface area (Å²) in [6.45, 7) is 2.23. The van der Waals surface area contributed by atoms with Gasteiger partial charge in [-0.1, -0.05) is 51.2 Å². The lowest BCUT2D eigenvalue weighted by atomic mass is 10.1. The molecule has 0 bridgehead atoms. The van der Waals surface area contributed by atoms with Crippen LogP contribution in [0, 0.1) is 5.82 Å². The lowest BCUT2D eigenvalue weighted by molar-refractivity contribution is 0.266. The molecule has 0 aliphatic carbocycles. The molecule has 0 saturated heterocycles. The summed E-state index contributed by atoms with van der Waals surface area (Å²) in [5.41, 5.74) is 0.477. The van der Waals surface area contributed by atoms with Crippen molar-refractivity contribution >= 4 is 5.69 Å². The second-order valence-corrected chi connectivity index (χ2v) is 4.71. The predicted molar refractivity (Wildman–Crippen MR) is 74.3 cm³/mol. The van der Waals surface area contributed by atoms with Crippen molar-refractivity contribution in [3.63, 3.8) is 0 Å². The minimum absolute atomic E-state index is 0.0438. The lowest BCUT2D eigenvalue weighted by Crippen LogP contribution is -2.24. The summed E-state index contributed by atoms with van der Waals surface area (Å²) in [6.07, 6.45) is 6.89. The van der Waals surface area contributed by atoms with E-state index in [2.05, 4.69) is 12.2 Å². The molecule has 2 N–H and O–H groups in total. The summed E-state index contributed by atoms with van der Waals surface area (Å²) in [4.78, 5) is 0. The number of anilines is 1. The molecule has 1 aromatic carbocycles. The van der Waals surface area contributed by atoms with Gasteiger partial charge in [-0.05, 0) is 18.6 Å². The summed E-state index contributed by atoms with van der Waals surface area (Å²) in [5.74, 6) is -0.262. The molecule has 2 nitrogen and oxygen atoms in total. The van der Waals surface area contributed by atoms with Crippen LogP contribution < -0.4 is 5.32 Å². The van der Waals surface area contributed by atoms with Gasteiger partial charge in [-0.15, -0.1) is 0 Å². The Balaban J connectivity index is 2.31. The molecule has 102 valence electrons. The smallest absolute Gasteiger partial charge is 0.146 e. The highest BCUT2D eigenvalue weighted by atomic mass is 19.1. The maximum absolute atomic E-state index is 13.4. The van der Waals surface area contributed by atoms with Gasteiger partial charge < -0.3 is 10.4 Å². The SMILES string of the molecule is CCCCCCCC(CO)Nc1ccccc1F. The molecule has 1 rings (SSSR count). The molecule has 3 heteroatoms. The standard InChI is InChI=1S/C15H24FNO/c1-2-3-4-5-6-9-13(12-18)17-15-11-8-7-10-14(15)16/h7-8,10-11,13,17-18H,2-6,9,12H2,1H3. The van der Waals surface area contributed by atoms with Gasteiger partial charge in [0.2, 0.25) is 0 Å². The largest absolute Gasteiger partial charge is 0.394 e. The number of hydrogen-bond acceptors (Lipinski definition) is 2. The number of hydrogen-bond donors (Lipinski definition) is 2. The molecule has 0 fully saturated rings. The molecule has 0 aliphatic heterocycles. The minimum atomic E-state index is -0.262. The Morgan fingerprint density at radius 1 is 1.17 bits per heavy atom. The van der Waals surface area contributed by atoms with Gasteiger partial charge in [0, 0.05) is 6.04 Å². The molecular formula is C15H24FNO. The van der Waals surface area contributed by atoms with Gasteiger partial charge in [0.15, 0.2) is 0 Å². The van der Waals surface area contributed by atoms with Crippen LogP contribution in [0.15, 0.2) is 24.3 Å². The summed E-state index contributed by atoms with van der Waals surface area (Å²) < 4.78 is 13.4. The van der Waals surface area contributed by atoms with Crippen LogP contribution >= 0.6 is 0 Å². The number of rotatable bonds is 9.